The lowest BCUT2D eigenvalue weighted by Crippen LogP contribution is -2.31. The minimum atomic E-state index is -0.672. The lowest BCUT2D eigenvalue weighted by Gasteiger charge is -2.11. The second-order valence-electron chi connectivity index (χ2n) is 5.52. The third-order valence-electron chi connectivity index (χ3n) is 3.89. The van der Waals surface area contributed by atoms with Gasteiger partial charge in [0.15, 0.2) is 12.4 Å². The van der Waals surface area contributed by atoms with Gasteiger partial charge in [-0.15, -0.1) is 0 Å². The number of nitrogens with zero attached hydrogens (tertiary/aromatic N) is 1. The SMILES string of the molecule is CC[C@@H](C)c1ccc(C(=O)COC(=O)C2=NNC(=O)CC2)cc1. The molecule has 0 fully saturated rings. The molecule has 0 aliphatic carbocycles. The first-order valence-electron chi connectivity index (χ1n) is 7.67. The Labute approximate surface area is 134 Å². The summed E-state index contributed by atoms with van der Waals surface area (Å²) in [5, 5.41) is 3.63. The molecule has 1 amide bonds. The number of nitrogens with one attached hydrogen (secondary N) is 1. The van der Waals surface area contributed by atoms with Crippen LogP contribution in [0.3, 0.4) is 0 Å². The number of hydrazone groups is 1. The van der Waals surface area contributed by atoms with E-state index in [0.29, 0.717) is 11.5 Å². The Morgan fingerprint density at radius 1 is 1.26 bits per heavy atom. The predicted molar refractivity (Wildman–Crippen MR) is 85.2 cm³/mol. The van der Waals surface area contributed by atoms with Gasteiger partial charge in [-0.2, -0.15) is 5.10 Å². The summed E-state index contributed by atoms with van der Waals surface area (Å²) in [4.78, 5) is 34.8. The molecular formula is C17H20N2O4. The Balaban J connectivity index is 1.89. The first-order chi connectivity index (χ1) is 11.0. The number of hydrogen-bond donors (Lipinski definition) is 1. The van der Waals surface area contributed by atoms with Crippen LogP contribution < -0.4 is 5.43 Å². The summed E-state index contributed by atoms with van der Waals surface area (Å²) in [5.41, 5.74) is 4.02. The number of hydrogen-bond acceptors (Lipinski definition) is 5. The van der Waals surface area contributed by atoms with Gasteiger partial charge >= 0.3 is 5.97 Å². The van der Waals surface area contributed by atoms with E-state index in [9.17, 15) is 14.4 Å². The summed E-state index contributed by atoms with van der Waals surface area (Å²) in [7, 11) is 0. The second kappa shape index (κ2) is 7.67. The van der Waals surface area contributed by atoms with Crippen molar-refractivity contribution in [3.63, 3.8) is 0 Å². The summed E-state index contributed by atoms with van der Waals surface area (Å²) in [6, 6.07) is 7.33. The number of ketones is 1. The van der Waals surface area contributed by atoms with E-state index >= 15 is 0 Å². The fraction of sp³-hybridized carbons (Fsp3) is 0.412. The molecule has 1 aromatic rings. The molecule has 1 aromatic carbocycles. The quantitative estimate of drug-likeness (QED) is 0.644. The molecule has 0 spiro atoms. The third kappa shape index (κ3) is 4.48. The molecule has 1 N–H and O–H groups in total. The minimum absolute atomic E-state index is 0.129. The zero-order chi connectivity index (χ0) is 16.8. The summed E-state index contributed by atoms with van der Waals surface area (Å²) in [5.74, 6) is -0.736. The number of rotatable bonds is 6. The predicted octanol–water partition coefficient (Wildman–Crippen LogP) is 2.19. The Hall–Kier alpha value is -2.50. The van der Waals surface area contributed by atoms with Gasteiger partial charge in [-0.25, -0.2) is 10.2 Å². The highest BCUT2D eigenvalue weighted by atomic mass is 16.5. The Kier molecular flexibility index (Phi) is 5.62. The number of Topliss-reactive ketones (excluding diaryl/α,β-unsaturated/α-hetero) is 1. The van der Waals surface area contributed by atoms with Gasteiger partial charge in [-0.3, -0.25) is 9.59 Å². The van der Waals surface area contributed by atoms with Gasteiger partial charge in [0.2, 0.25) is 5.91 Å². The van der Waals surface area contributed by atoms with Crippen LogP contribution in [0.1, 0.15) is 54.9 Å². The van der Waals surface area contributed by atoms with Crippen molar-refractivity contribution in [2.75, 3.05) is 6.61 Å². The van der Waals surface area contributed by atoms with Gasteiger partial charge in [0.05, 0.1) is 0 Å². The van der Waals surface area contributed by atoms with Gasteiger partial charge < -0.3 is 4.74 Å². The van der Waals surface area contributed by atoms with Crippen molar-refractivity contribution in [3.8, 4) is 0 Å². The Morgan fingerprint density at radius 2 is 1.96 bits per heavy atom. The maximum atomic E-state index is 12.0. The first-order valence-corrected chi connectivity index (χ1v) is 7.67. The second-order valence-corrected chi connectivity index (χ2v) is 5.52. The van der Waals surface area contributed by atoms with Crippen LogP contribution in [0.4, 0.5) is 0 Å². The standard InChI is InChI=1S/C17H20N2O4/c1-3-11(2)12-4-6-13(7-5-12)15(20)10-23-17(22)14-8-9-16(21)19-18-14/h4-7,11H,3,8-10H2,1-2H3,(H,19,21)/t11-/m1/s1. The number of amides is 1. The van der Waals surface area contributed by atoms with Crippen molar-refractivity contribution in [1.29, 1.82) is 0 Å². The maximum Gasteiger partial charge on any atom is 0.354 e. The van der Waals surface area contributed by atoms with E-state index in [0.717, 1.165) is 6.42 Å². The van der Waals surface area contributed by atoms with E-state index in [2.05, 4.69) is 24.4 Å². The van der Waals surface area contributed by atoms with Crippen molar-refractivity contribution in [1.82, 2.24) is 5.43 Å². The molecule has 2 rings (SSSR count). The highest BCUT2D eigenvalue weighted by Crippen LogP contribution is 2.19. The molecule has 0 saturated heterocycles. The molecule has 0 unspecified atom stereocenters. The van der Waals surface area contributed by atoms with Crippen LogP contribution in [0.5, 0.6) is 0 Å². The Morgan fingerprint density at radius 3 is 2.52 bits per heavy atom. The highest BCUT2D eigenvalue weighted by Gasteiger charge is 2.20. The zero-order valence-electron chi connectivity index (χ0n) is 13.3. The number of carbonyl (C=O) groups excluding carboxylic acids is 3. The molecule has 0 aromatic heterocycles. The smallest absolute Gasteiger partial charge is 0.354 e. The van der Waals surface area contributed by atoms with Gasteiger partial charge in [-0.1, -0.05) is 38.1 Å². The molecule has 1 aliphatic rings. The molecule has 6 nitrogen and oxygen atoms in total. The minimum Gasteiger partial charge on any atom is -0.453 e. The van der Waals surface area contributed by atoms with Crippen molar-refractivity contribution in [2.45, 2.75) is 39.0 Å². The summed E-state index contributed by atoms with van der Waals surface area (Å²) in [6.07, 6.45) is 1.45. The van der Waals surface area contributed by atoms with Gasteiger partial charge in [0.1, 0.15) is 5.71 Å². The average Bonchev–Trinajstić information content (AvgIpc) is 2.59. The molecule has 23 heavy (non-hydrogen) atoms. The van der Waals surface area contributed by atoms with Crippen molar-refractivity contribution >= 4 is 23.4 Å². The molecule has 1 aliphatic heterocycles. The normalized spacial score (nSPS) is 15.4. The van der Waals surface area contributed by atoms with E-state index in [1.165, 1.54) is 5.56 Å². The van der Waals surface area contributed by atoms with Crippen LogP contribution in [-0.2, 0) is 14.3 Å². The van der Waals surface area contributed by atoms with Gasteiger partial charge in [0, 0.05) is 18.4 Å². The van der Waals surface area contributed by atoms with Gasteiger partial charge in [-0.05, 0) is 17.9 Å². The van der Waals surface area contributed by atoms with Crippen molar-refractivity contribution in [2.24, 2.45) is 5.10 Å². The van der Waals surface area contributed by atoms with Crippen LogP contribution in [-0.4, -0.2) is 30.0 Å². The monoisotopic (exact) mass is 316 g/mol. The summed E-state index contributed by atoms with van der Waals surface area (Å²) < 4.78 is 4.96. The topological polar surface area (TPSA) is 84.8 Å². The molecule has 1 atom stereocenters. The first kappa shape index (κ1) is 16.9. The summed E-state index contributed by atoms with van der Waals surface area (Å²) in [6.45, 7) is 3.90. The summed E-state index contributed by atoms with van der Waals surface area (Å²) >= 11 is 0. The molecule has 1 heterocycles. The van der Waals surface area contributed by atoms with E-state index in [-0.39, 0.29) is 36.9 Å². The van der Waals surface area contributed by atoms with Crippen molar-refractivity contribution < 1.29 is 19.1 Å². The molecular weight excluding hydrogens is 296 g/mol. The average molecular weight is 316 g/mol. The van der Waals surface area contributed by atoms with Crippen molar-refractivity contribution in [3.05, 3.63) is 35.4 Å². The van der Waals surface area contributed by atoms with Crippen LogP contribution in [0.25, 0.3) is 0 Å². The lowest BCUT2D eigenvalue weighted by molar-refractivity contribution is -0.134. The number of esters is 1. The Bertz CT molecular complexity index is 634. The molecule has 122 valence electrons. The number of benzene rings is 1. The third-order valence-corrected chi connectivity index (χ3v) is 3.89. The van der Waals surface area contributed by atoms with Gasteiger partial charge in [0.25, 0.3) is 0 Å². The maximum absolute atomic E-state index is 12.0. The molecule has 0 radical (unpaired) electrons. The number of carbonyl (C=O) groups is 3. The fourth-order valence-electron chi connectivity index (χ4n) is 2.15. The zero-order valence-corrected chi connectivity index (χ0v) is 13.3. The van der Waals surface area contributed by atoms with Crippen LogP contribution in [0.15, 0.2) is 29.4 Å². The van der Waals surface area contributed by atoms with E-state index in [4.69, 9.17) is 4.74 Å². The van der Waals surface area contributed by atoms with E-state index in [1.807, 2.05) is 12.1 Å². The van der Waals surface area contributed by atoms with Crippen LogP contribution >= 0.6 is 0 Å². The molecule has 6 heteroatoms. The lowest BCUT2D eigenvalue weighted by atomic mass is 9.97. The largest absolute Gasteiger partial charge is 0.453 e. The number of ether oxygens (including phenoxy) is 1. The molecule has 0 saturated carbocycles. The van der Waals surface area contributed by atoms with E-state index < -0.39 is 5.97 Å². The van der Waals surface area contributed by atoms with E-state index in [1.54, 1.807) is 12.1 Å². The molecule has 0 bridgehead atoms. The van der Waals surface area contributed by atoms with Crippen LogP contribution in [0.2, 0.25) is 0 Å². The highest BCUT2D eigenvalue weighted by molar-refractivity contribution is 6.37. The van der Waals surface area contributed by atoms with Crippen LogP contribution in [0, 0.1) is 0 Å². The fourth-order valence-corrected chi connectivity index (χ4v) is 2.15.